The number of methoxy groups -OCH3 is 1. The Morgan fingerprint density at radius 2 is 1.81 bits per heavy atom. The molecule has 2 aromatic carbocycles. The zero-order chi connectivity index (χ0) is 22.5. The molecule has 2 heterocycles. The molecule has 2 aromatic heterocycles. The summed E-state index contributed by atoms with van der Waals surface area (Å²) in [6.07, 6.45) is 1.40. The van der Waals surface area contributed by atoms with Gasteiger partial charge in [0.2, 0.25) is 5.91 Å². The highest BCUT2D eigenvalue weighted by Crippen LogP contribution is 2.25. The van der Waals surface area contributed by atoms with E-state index in [9.17, 15) is 9.59 Å². The molecule has 1 amide bonds. The van der Waals surface area contributed by atoms with Crippen LogP contribution < -0.4 is 15.6 Å². The van der Waals surface area contributed by atoms with Gasteiger partial charge in [-0.15, -0.1) is 11.3 Å². The quantitative estimate of drug-likeness (QED) is 0.468. The fourth-order valence-electron chi connectivity index (χ4n) is 3.08. The summed E-state index contributed by atoms with van der Waals surface area (Å²) in [5, 5.41) is 5.58. The van der Waals surface area contributed by atoms with Gasteiger partial charge in [-0.2, -0.15) is 0 Å². The van der Waals surface area contributed by atoms with Crippen molar-refractivity contribution in [3.05, 3.63) is 87.9 Å². The van der Waals surface area contributed by atoms with Gasteiger partial charge in [0.05, 0.1) is 31.4 Å². The van der Waals surface area contributed by atoms with Crippen LogP contribution in [0.2, 0.25) is 0 Å². The molecule has 162 valence electrons. The number of hydrogen-bond acceptors (Lipinski definition) is 6. The molecule has 4 aromatic rings. The van der Waals surface area contributed by atoms with Gasteiger partial charge in [0.15, 0.2) is 0 Å². The molecule has 0 saturated heterocycles. The summed E-state index contributed by atoms with van der Waals surface area (Å²) >= 11 is 1.51. The highest BCUT2D eigenvalue weighted by molar-refractivity contribution is 7.13. The first-order chi connectivity index (χ1) is 15.5. The van der Waals surface area contributed by atoms with Crippen molar-refractivity contribution in [2.24, 2.45) is 0 Å². The van der Waals surface area contributed by atoms with E-state index in [1.165, 1.54) is 28.3 Å². The lowest BCUT2D eigenvalue weighted by atomic mass is 10.1. The third kappa shape index (κ3) is 5.09. The molecular formula is C24H22N4O3S. The Morgan fingerprint density at radius 3 is 2.50 bits per heavy atom. The van der Waals surface area contributed by atoms with Gasteiger partial charge in [0, 0.05) is 22.6 Å². The van der Waals surface area contributed by atoms with Gasteiger partial charge in [0.1, 0.15) is 17.3 Å². The molecule has 7 nitrogen and oxygen atoms in total. The third-order valence-electron chi connectivity index (χ3n) is 4.90. The minimum atomic E-state index is -0.281. The second-order valence-corrected chi connectivity index (χ2v) is 8.11. The molecule has 4 rings (SSSR count). The number of rotatable bonds is 7. The number of nitrogens with one attached hydrogen (secondary N) is 1. The lowest BCUT2D eigenvalue weighted by Crippen LogP contribution is -2.32. The number of amides is 1. The van der Waals surface area contributed by atoms with Crippen LogP contribution >= 0.6 is 11.3 Å². The monoisotopic (exact) mass is 446 g/mol. The van der Waals surface area contributed by atoms with Crippen molar-refractivity contribution >= 4 is 17.2 Å². The lowest BCUT2D eigenvalue weighted by Gasteiger charge is -2.07. The van der Waals surface area contributed by atoms with Gasteiger partial charge in [-0.05, 0) is 31.2 Å². The zero-order valence-electron chi connectivity index (χ0n) is 17.7. The van der Waals surface area contributed by atoms with Crippen molar-refractivity contribution in [2.45, 2.75) is 20.0 Å². The molecule has 1 N–H and O–H groups in total. The Labute approximate surface area is 189 Å². The van der Waals surface area contributed by atoms with Gasteiger partial charge in [0.25, 0.3) is 5.56 Å². The molecule has 0 atom stereocenters. The molecule has 0 aliphatic heterocycles. The molecule has 8 heteroatoms. The van der Waals surface area contributed by atoms with Crippen LogP contribution in [0.15, 0.2) is 71.1 Å². The summed E-state index contributed by atoms with van der Waals surface area (Å²) in [6, 6.07) is 16.9. The van der Waals surface area contributed by atoms with Gasteiger partial charge >= 0.3 is 0 Å². The fraction of sp³-hybridized carbons (Fsp3) is 0.167. The van der Waals surface area contributed by atoms with Crippen LogP contribution in [-0.2, 0) is 17.9 Å². The van der Waals surface area contributed by atoms with Crippen LogP contribution in [0, 0.1) is 6.92 Å². The van der Waals surface area contributed by atoms with E-state index in [4.69, 9.17) is 4.74 Å². The number of ether oxygens (including phenoxy) is 1. The molecule has 0 saturated carbocycles. The summed E-state index contributed by atoms with van der Waals surface area (Å²) in [5.74, 6) is 0.505. The number of carbonyl (C=O) groups excluding carboxylic acids is 1. The minimum Gasteiger partial charge on any atom is -0.497 e. The van der Waals surface area contributed by atoms with E-state index >= 15 is 0 Å². The van der Waals surface area contributed by atoms with E-state index in [1.807, 2.05) is 60.8 Å². The summed E-state index contributed by atoms with van der Waals surface area (Å²) in [4.78, 5) is 33.6. The SMILES string of the molecule is COc1ccc(-c2nc(CNC(=O)Cn3cnc(-c4ccc(C)cc4)cc3=O)cs2)cc1. The second kappa shape index (κ2) is 9.57. The molecule has 32 heavy (non-hydrogen) atoms. The van der Waals surface area contributed by atoms with Gasteiger partial charge in [-0.25, -0.2) is 9.97 Å². The molecule has 0 unspecified atom stereocenters. The van der Waals surface area contributed by atoms with Crippen LogP contribution in [0.4, 0.5) is 0 Å². The molecular weight excluding hydrogens is 424 g/mol. The Bertz CT molecular complexity index is 1280. The highest BCUT2D eigenvalue weighted by atomic mass is 32.1. The Morgan fingerprint density at radius 1 is 1.09 bits per heavy atom. The Hall–Kier alpha value is -3.78. The summed E-state index contributed by atoms with van der Waals surface area (Å²) in [5.41, 5.74) is 4.05. The first kappa shape index (κ1) is 21.5. The normalized spacial score (nSPS) is 10.7. The Balaban J connectivity index is 1.35. The average molecular weight is 447 g/mol. The first-order valence-electron chi connectivity index (χ1n) is 10.0. The first-order valence-corrected chi connectivity index (χ1v) is 10.9. The molecule has 0 radical (unpaired) electrons. The maximum atomic E-state index is 12.4. The van der Waals surface area contributed by atoms with Crippen molar-refractivity contribution in [3.8, 4) is 27.6 Å². The summed E-state index contributed by atoms with van der Waals surface area (Å²) < 4.78 is 6.46. The molecule has 0 fully saturated rings. The minimum absolute atomic E-state index is 0.102. The van der Waals surface area contributed by atoms with Crippen molar-refractivity contribution in [1.29, 1.82) is 0 Å². The summed E-state index contributed by atoms with van der Waals surface area (Å²) in [7, 11) is 1.63. The van der Waals surface area contributed by atoms with Gasteiger partial charge in [-0.1, -0.05) is 29.8 Å². The topological polar surface area (TPSA) is 86.1 Å². The third-order valence-corrected chi connectivity index (χ3v) is 5.84. The average Bonchev–Trinajstić information content (AvgIpc) is 3.29. The molecule has 0 aliphatic carbocycles. The van der Waals surface area contributed by atoms with E-state index in [0.717, 1.165) is 33.1 Å². The predicted molar refractivity (Wildman–Crippen MR) is 125 cm³/mol. The van der Waals surface area contributed by atoms with Crippen LogP contribution in [-0.4, -0.2) is 27.6 Å². The van der Waals surface area contributed by atoms with Gasteiger partial charge in [-0.3, -0.25) is 14.2 Å². The van der Waals surface area contributed by atoms with Crippen LogP contribution in [0.1, 0.15) is 11.3 Å². The second-order valence-electron chi connectivity index (χ2n) is 7.26. The van der Waals surface area contributed by atoms with Crippen molar-refractivity contribution in [3.63, 3.8) is 0 Å². The van der Waals surface area contributed by atoms with Crippen molar-refractivity contribution in [1.82, 2.24) is 19.9 Å². The largest absolute Gasteiger partial charge is 0.497 e. The van der Waals surface area contributed by atoms with Crippen molar-refractivity contribution < 1.29 is 9.53 Å². The molecule has 0 spiro atoms. The Kier molecular flexibility index (Phi) is 6.42. The van der Waals surface area contributed by atoms with E-state index in [2.05, 4.69) is 15.3 Å². The number of carbonyl (C=O) groups is 1. The van der Waals surface area contributed by atoms with Crippen molar-refractivity contribution in [2.75, 3.05) is 7.11 Å². The van der Waals surface area contributed by atoms with E-state index < -0.39 is 0 Å². The smallest absolute Gasteiger partial charge is 0.254 e. The number of thiazole rings is 1. The summed E-state index contributed by atoms with van der Waals surface area (Å²) in [6.45, 7) is 2.18. The van der Waals surface area contributed by atoms with Gasteiger partial charge < -0.3 is 10.1 Å². The molecule has 0 aliphatic rings. The maximum absolute atomic E-state index is 12.4. The number of aryl methyl sites for hydroxylation is 1. The van der Waals surface area contributed by atoms with Crippen LogP contribution in [0.3, 0.4) is 0 Å². The molecule has 0 bridgehead atoms. The highest BCUT2D eigenvalue weighted by Gasteiger charge is 2.09. The van der Waals surface area contributed by atoms with E-state index in [-0.39, 0.29) is 24.6 Å². The van der Waals surface area contributed by atoms with E-state index in [0.29, 0.717) is 5.69 Å². The number of hydrogen-bond donors (Lipinski definition) is 1. The number of aromatic nitrogens is 3. The zero-order valence-corrected chi connectivity index (χ0v) is 18.6. The van der Waals surface area contributed by atoms with E-state index in [1.54, 1.807) is 7.11 Å². The van der Waals surface area contributed by atoms with Crippen LogP contribution in [0.5, 0.6) is 5.75 Å². The standard InChI is InChI=1S/C24H22N4O3S/c1-16-3-5-17(6-4-16)21-11-23(30)28(15-26-21)13-22(29)25-12-19-14-32-24(27-19)18-7-9-20(31-2)10-8-18/h3-11,14-15H,12-13H2,1-2H3,(H,25,29). The lowest BCUT2D eigenvalue weighted by molar-refractivity contribution is -0.121. The predicted octanol–water partition coefficient (Wildman–Crippen LogP) is 3.67. The maximum Gasteiger partial charge on any atom is 0.254 e. The van der Waals surface area contributed by atoms with Crippen LogP contribution in [0.25, 0.3) is 21.8 Å². The fourth-order valence-corrected chi connectivity index (χ4v) is 3.91. The number of nitrogens with zero attached hydrogens (tertiary/aromatic N) is 3. The number of benzene rings is 2.